The fourth-order valence-corrected chi connectivity index (χ4v) is 2.80. The first kappa shape index (κ1) is 14.1. The number of fused-ring (bicyclic) bond motifs is 1. The van der Waals surface area contributed by atoms with Gasteiger partial charge in [0.2, 0.25) is 0 Å². The molecule has 2 amide bonds. The Bertz CT molecular complexity index is 528. The Labute approximate surface area is 125 Å². The van der Waals surface area contributed by atoms with Gasteiger partial charge in [-0.05, 0) is 13.0 Å². The molecule has 1 fully saturated rings. The monoisotopic (exact) mass is 290 g/mol. The van der Waals surface area contributed by atoms with Crippen LogP contribution in [0.4, 0.5) is 10.6 Å². The fourth-order valence-electron chi connectivity index (χ4n) is 2.80. The number of anilines is 1. The second-order valence-corrected chi connectivity index (χ2v) is 5.66. The second-order valence-electron chi connectivity index (χ2n) is 5.66. The third-order valence-corrected chi connectivity index (χ3v) is 4.08. The standard InChI is InChI=1S/C15H22N4O2/c1-12-3-4-13-11-19(6-5-17(2)14(13)16-12)15(20)18-7-9-21-10-8-18/h3-4H,5-11H2,1-2H3. The summed E-state index contributed by atoms with van der Waals surface area (Å²) in [6.45, 7) is 6.79. The van der Waals surface area contributed by atoms with Crippen molar-refractivity contribution in [3.8, 4) is 0 Å². The van der Waals surface area contributed by atoms with Gasteiger partial charge in [0.05, 0.1) is 19.8 Å². The first-order valence-electron chi connectivity index (χ1n) is 7.44. The Morgan fingerprint density at radius 3 is 2.67 bits per heavy atom. The third kappa shape index (κ3) is 2.95. The Kier molecular flexibility index (Phi) is 3.96. The minimum Gasteiger partial charge on any atom is -0.378 e. The van der Waals surface area contributed by atoms with Crippen molar-refractivity contribution in [1.82, 2.24) is 14.8 Å². The molecular formula is C15H22N4O2. The zero-order valence-corrected chi connectivity index (χ0v) is 12.7. The average molecular weight is 290 g/mol. The largest absolute Gasteiger partial charge is 0.378 e. The molecule has 0 bridgehead atoms. The molecule has 2 aliphatic heterocycles. The lowest BCUT2D eigenvalue weighted by molar-refractivity contribution is 0.0430. The van der Waals surface area contributed by atoms with Crippen LogP contribution in [0.25, 0.3) is 0 Å². The number of aromatic nitrogens is 1. The molecule has 0 unspecified atom stereocenters. The molecule has 0 aliphatic carbocycles. The van der Waals surface area contributed by atoms with Crippen molar-refractivity contribution >= 4 is 11.8 Å². The summed E-state index contributed by atoms with van der Waals surface area (Å²) in [5.41, 5.74) is 2.12. The van der Waals surface area contributed by atoms with Crippen molar-refractivity contribution in [2.75, 3.05) is 51.3 Å². The van der Waals surface area contributed by atoms with E-state index in [1.165, 1.54) is 0 Å². The molecule has 0 radical (unpaired) electrons. The average Bonchev–Trinajstić information content (AvgIpc) is 2.67. The van der Waals surface area contributed by atoms with Gasteiger partial charge in [-0.25, -0.2) is 9.78 Å². The summed E-state index contributed by atoms with van der Waals surface area (Å²) < 4.78 is 5.32. The molecule has 6 heteroatoms. The van der Waals surface area contributed by atoms with Crippen LogP contribution < -0.4 is 4.90 Å². The Balaban J connectivity index is 1.79. The van der Waals surface area contributed by atoms with Crippen LogP contribution in [0.5, 0.6) is 0 Å². The van der Waals surface area contributed by atoms with Gasteiger partial charge >= 0.3 is 6.03 Å². The lowest BCUT2D eigenvalue weighted by Crippen LogP contribution is -2.48. The molecule has 1 aromatic heterocycles. The van der Waals surface area contributed by atoms with Gasteiger partial charge in [0.1, 0.15) is 5.82 Å². The van der Waals surface area contributed by atoms with E-state index in [-0.39, 0.29) is 6.03 Å². The summed E-state index contributed by atoms with van der Waals surface area (Å²) >= 11 is 0. The van der Waals surface area contributed by atoms with Crippen LogP contribution in [0.3, 0.4) is 0 Å². The van der Waals surface area contributed by atoms with E-state index in [2.05, 4.69) is 16.0 Å². The van der Waals surface area contributed by atoms with Crippen LogP contribution in [0.2, 0.25) is 0 Å². The number of hydrogen-bond donors (Lipinski definition) is 0. The minimum absolute atomic E-state index is 0.111. The highest BCUT2D eigenvalue weighted by Gasteiger charge is 2.26. The number of likely N-dealkylation sites (N-methyl/N-ethyl adjacent to an activating group) is 1. The van der Waals surface area contributed by atoms with E-state index in [0.29, 0.717) is 32.8 Å². The van der Waals surface area contributed by atoms with Gasteiger partial charge in [0, 0.05) is 44.5 Å². The van der Waals surface area contributed by atoms with Crippen LogP contribution in [0.1, 0.15) is 11.3 Å². The number of ether oxygens (including phenoxy) is 1. The Morgan fingerprint density at radius 2 is 1.90 bits per heavy atom. The molecule has 0 saturated carbocycles. The highest BCUT2D eigenvalue weighted by molar-refractivity contribution is 5.75. The van der Waals surface area contributed by atoms with E-state index >= 15 is 0 Å². The lowest BCUT2D eigenvalue weighted by Gasteiger charge is -2.32. The topological polar surface area (TPSA) is 48.9 Å². The fraction of sp³-hybridized carbons (Fsp3) is 0.600. The number of rotatable bonds is 0. The van der Waals surface area contributed by atoms with Gasteiger partial charge in [-0.15, -0.1) is 0 Å². The molecular weight excluding hydrogens is 268 g/mol. The maximum atomic E-state index is 12.6. The summed E-state index contributed by atoms with van der Waals surface area (Å²) in [6.07, 6.45) is 0. The quantitative estimate of drug-likeness (QED) is 0.718. The van der Waals surface area contributed by atoms with Crippen LogP contribution in [0.15, 0.2) is 12.1 Å². The Hall–Kier alpha value is -1.82. The van der Waals surface area contributed by atoms with Crippen molar-refractivity contribution in [3.63, 3.8) is 0 Å². The van der Waals surface area contributed by atoms with E-state index in [9.17, 15) is 4.79 Å². The molecule has 0 atom stereocenters. The number of amides is 2. The molecule has 114 valence electrons. The highest BCUT2D eigenvalue weighted by Crippen LogP contribution is 2.23. The first-order valence-corrected chi connectivity index (χ1v) is 7.44. The number of aryl methyl sites for hydroxylation is 1. The van der Waals surface area contributed by atoms with Crippen molar-refractivity contribution in [1.29, 1.82) is 0 Å². The van der Waals surface area contributed by atoms with Crippen LogP contribution >= 0.6 is 0 Å². The number of morpholine rings is 1. The minimum atomic E-state index is 0.111. The van der Waals surface area contributed by atoms with Gasteiger partial charge in [-0.2, -0.15) is 0 Å². The number of urea groups is 1. The van der Waals surface area contributed by atoms with Crippen molar-refractivity contribution < 1.29 is 9.53 Å². The van der Waals surface area contributed by atoms with Crippen LogP contribution in [-0.2, 0) is 11.3 Å². The number of pyridine rings is 1. The summed E-state index contributed by atoms with van der Waals surface area (Å²) in [6, 6.07) is 4.20. The summed E-state index contributed by atoms with van der Waals surface area (Å²) in [4.78, 5) is 23.2. The van der Waals surface area contributed by atoms with E-state index in [1.54, 1.807) is 0 Å². The predicted octanol–water partition coefficient (Wildman–Crippen LogP) is 1.09. The van der Waals surface area contributed by atoms with Gasteiger partial charge in [-0.3, -0.25) is 0 Å². The SMILES string of the molecule is Cc1ccc2c(n1)N(C)CCN(C(=O)N1CCOCC1)C2. The summed E-state index contributed by atoms with van der Waals surface area (Å²) in [5.74, 6) is 0.993. The summed E-state index contributed by atoms with van der Waals surface area (Å²) in [5, 5.41) is 0. The number of carbonyl (C=O) groups is 1. The highest BCUT2D eigenvalue weighted by atomic mass is 16.5. The van der Waals surface area contributed by atoms with E-state index < -0.39 is 0 Å². The van der Waals surface area contributed by atoms with E-state index in [0.717, 1.165) is 30.2 Å². The van der Waals surface area contributed by atoms with Crippen LogP contribution in [0, 0.1) is 6.92 Å². The molecule has 1 saturated heterocycles. The van der Waals surface area contributed by atoms with Crippen LogP contribution in [-0.4, -0.2) is 67.3 Å². The number of nitrogens with zero attached hydrogens (tertiary/aromatic N) is 4. The molecule has 0 N–H and O–H groups in total. The zero-order chi connectivity index (χ0) is 14.8. The first-order chi connectivity index (χ1) is 10.1. The van der Waals surface area contributed by atoms with Gasteiger partial charge < -0.3 is 19.4 Å². The van der Waals surface area contributed by atoms with E-state index in [1.807, 2.05) is 29.8 Å². The molecule has 6 nitrogen and oxygen atoms in total. The van der Waals surface area contributed by atoms with Crippen molar-refractivity contribution in [2.45, 2.75) is 13.5 Å². The van der Waals surface area contributed by atoms with Crippen molar-refractivity contribution in [2.24, 2.45) is 0 Å². The van der Waals surface area contributed by atoms with E-state index in [4.69, 9.17) is 4.74 Å². The van der Waals surface area contributed by atoms with Gasteiger partial charge in [0.15, 0.2) is 0 Å². The maximum Gasteiger partial charge on any atom is 0.320 e. The number of hydrogen-bond acceptors (Lipinski definition) is 4. The molecule has 0 aromatic carbocycles. The molecule has 0 spiro atoms. The second kappa shape index (κ2) is 5.89. The molecule has 3 heterocycles. The maximum absolute atomic E-state index is 12.6. The summed E-state index contributed by atoms with van der Waals surface area (Å²) in [7, 11) is 2.04. The molecule has 21 heavy (non-hydrogen) atoms. The van der Waals surface area contributed by atoms with Crippen molar-refractivity contribution in [3.05, 3.63) is 23.4 Å². The number of carbonyl (C=O) groups excluding carboxylic acids is 1. The lowest BCUT2D eigenvalue weighted by atomic mass is 10.2. The predicted molar refractivity (Wildman–Crippen MR) is 80.4 cm³/mol. The molecule has 3 rings (SSSR count). The molecule has 2 aliphatic rings. The normalized spacial score (nSPS) is 19.2. The zero-order valence-electron chi connectivity index (χ0n) is 12.7. The third-order valence-electron chi connectivity index (χ3n) is 4.08. The van der Waals surface area contributed by atoms with Gasteiger partial charge in [0.25, 0.3) is 0 Å². The smallest absolute Gasteiger partial charge is 0.320 e. The molecule has 1 aromatic rings. The van der Waals surface area contributed by atoms with Gasteiger partial charge in [-0.1, -0.05) is 6.07 Å². The Morgan fingerprint density at radius 1 is 1.14 bits per heavy atom.